The summed E-state index contributed by atoms with van der Waals surface area (Å²) in [4.78, 5) is 0. The van der Waals surface area contributed by atoms with Gasteiger partial charge < -0.3 is 10.8 Å². The predicted molar refractivity (Wildman–Crippen MR) is 63.2 cm³/mol. The number of phenols is 1. The van der Waals surface area contributed by atoms with Gasteiger partial charge in [0, 0.05) is 5.56 Å². The maximum absolute atomic E-state index is 9.78. The lowest BCUT2D eigenvalue weighted by Crippen LogP contribution is -2.10. The Morgan fingerprint density at radius 3 is 2.73 bits per heavy atom. The molecule has 2 nitrogen and oxygen atoms in total. The molecule has 0 unspecified atom stereocenters. The monoisotopic (exact) mass is 219 g/mol. The summed E-state index contributed by atoms with van der Waals surface area (Å²) in [7, 11) is 0. The van der Waals surface area contributed by atoms with Gasteiger partial charge in [-0.05, 0) is 40.9 Å². The summed E-state index contributed by atoms with van der Waals surface area (Å²) in [5, 5.41) is 13.8. The van der Waals surface area contributed by atoms with Crippen molar-refractivity contribution < 1.29 is 5.11 Å². The number of hydrogen-bond donors (Lipinski definition) is 2. The van der Waals surface area contributed by atoms with Crippen LogP contribution in [0.4, 0.5) is 0 Å². The minimum absolute atomic E-state index is 0.239. The largest absolute Gasteiger partial charge is 0.508 e. The average molecular weight is 219 g/mol. The molecule has 78 valence electrons. The molecule has 0 aliphatic heterocycles. The predicted octanol–water partition coefficient (Wildman–Crippen LogP) is 2.81. The van der Waals surface area contributed by atoms with Crippen LogP contribution in [0.1, 0.15) is 22.7 Å². The molecule has 1 aromatic heterocycles. The normalized spacial score (nSPS) is 12.7. The highest BCUT2D eigenvalue weighted by Gasteiger charge is 2.12. The van der Waals surface area contributed by atoms with Gasteiger partial charge in [0.25, 0.3) is 0 Å². The molecule has 0 fully saturated rings. The van der Waals surface area contributed by atoms with Crippen LogP contribution in [0.25, 0.3) is 0 Å². The lowest BCUT2D eigenvalue weighted by molar-refractivity contribution is 0.465. The van der Waals surface area contributed by atoms with E-state index in [2.05, 4.69) is 0 Å². The van der Waals surface area contributed by atoms with Gasteiger partial charge in [-0.1, -0.05) is 12.1 Å². The third-order valence-corrected chi connectivity index (χ3v) is 3.12. The van der Waals surface area contributed by atoms with Crippen LogP contribution in [-0.2, 0) is 0 Å². The topological polar surface area (TPSA) is 46.2 Å². The lowest BCUT2D eigenvalue weighted by atomic mass is 10.00. The maximum atomic E-state index is 9.78. The number of rotatable bonds is 2. The quantitative estimate of drug-likeness (QED) is 0.815. The van der Waals surface area contributed by atoms with Crippen molar-refractivity contribution in [3.05, 3.63) is 51.7 Å². The molecular weight excluding hydrogens is 206 g/mol. The first-order valence-electron chi connectivity index (χ1n) is 4.75. The van der Waals surface area contributed by atoms with Crippen molar-refractivity contribution in [1.82, 2.24) is 0 Å². The van der Waals surface area contributed by atoms with Crippen LogP contribution in [0.15, 0.2) is 35.0 Å². The van der Waals surface area contributed by atoms with Crippen molar-refractivity contribution in [3.63, 3.8) is 0 Å². The first kappa shape index (κ1) is 10.2. The standard InChI is InChI=1S/C12H13NOS/c1-8-2-3-10(11(14)6-8)12(13)9-4-5-15-7-9/h2-7,12,14H,13H2,1H3/t12-/m0/s1. The van der Waals surface area contributed by atoms with E-state index in [-0.39, 0.29) is 11.8 Å². The average Bonchev–Trinajstić information content (AvgIpc) is 2.69. The van der Waals surface area contributed by atoms with E-state index in [0.29, 0.717) is 0 Å². The molecule has 0 saturated carbocycles. The first-order valence-corrected chi connectivity index (χ1v) is 5.70. The van der Waals surface area contributed by atoms with Crippen LogP contribution >= 0.6 is 11.3 Å². The van der Waals surface area contributed by atoms with Crippen molar-refractivity contribution in [2.75, 3.05) is 0 Å². The van der Waals surface area contributed by atoms with Crippen molar-refractivity contribution in [3.8, 4) is 5.75 Å². The Morgan fingerprint density at radius 2 is 2.13 bits per heavy atom. The molecule has 0 aliphatic carbocycles. The minimum atomic E-state index is -0.239. The van der Waals surface area contributed by atoms with Crippen LogP contribution in [0, 0.1) is 6.92 Å². The fourth-order valence-corrected chi connectivity index (χ4v) is 2.24. The maximum Gasteiger partial charge on any atom is 0.120 e. The summed E-state index contributed by atoms with van der Waals surface area (Å²) in [6.45, 7) is 1.94. The van der Waals surface area contributed by atoms with E-state index in [1.54, 1.807) is 17.4 Å². The second kappa shape index (κ2) is 4.04. The molecule has 0 saturated heterocycles. The van der Waals surface area contributed by atoms with E-state index >= 15 is 0 Å². The Balaban J connectivity index is 2.38. The van der Waals surface area contributed by atoms with Crippen LogP contribution in [0.3, 0.4) is 0 Å². The zero-order valence-corrected chi connectivity index (χ0v) is 9.29. The highest BCUT2D eigenvalue weighted by atomic mass is 32.1. The van der Waals surface area contributed by atoms with Gasteiger partial charge in [-0.3, -0.25) is 0 Å². The molecule has 0 radical (unpaired) electrons. The molecule has 15 heavy (non-hydrogen) atoms. The molecule has 1 aromatic carbocycles. The van der Waals surface area contributed by atoms with Gasteiger partial charge in [-0.25, -0.2) is 0 Å². The van der Waals surface area contributed by atoms with Gasteiger partial charge in [0.05, 0.1) is 6.04 Å². The molecule has 0 amide bonds. The van der Waals surface area contributed by atoms with Crippen LogP contribution < -0.4 is 5.73 Å². The lowest BCUT2D eigenvalue weighted by Gasteiger charge is -2.12. The second-order valence-corrected chi connectivity index (χ2v) is 4.38. The molecule has 3 heteroatoms. The van der Waals surface area contributed by atoms with E-state index < -0.39 is 0 Å². The molecule has 2 rings (SSSR count). The SMILES string of the molecule is Cc1ccc([C@@H](N)c2ccsc2)c(O)c1. The molecule has 0 bridgehead atoms. The molecule has 0 aliphatic rings. The molecule has 1 atom stereocenters. The molecule has 3 N–H and O–H groups in total. The van der Waals surface area contributed by atoms with Gasteiger partial charge in [-0.15, -0.1) is 0 Å². The number of nitrogens with two attached hydrogens (primary N) is 1. The minimum Gasteiger partial charge on any atom is -0.508 e. The van der Waals surface area contributed by atoms with Gasteiger partial charge in [-0.2, -0.15) is 11.3 Å². The van der Waals surface area contributed by atoms with E-state index in [4.69, 9.17) is 5.73 Å². The number of aromatic hydroxyl groups is 1. The summed E-state index contributed by atoms with van der Waals surface area (Å²) >= 11 is 1.61. The van der Waals surface area contributed by atoms with E-state index in [1.807, 2.05) is 35.9 Å². The Hall–Kier alpha value is -1.32. The van der Waals surface area contributed by atoms with Crippen molar-refractivity contribution in [2.24, 2.45) is 5.73 Å². The smallest absolute Gasteiger partial charge is 0.120 e. The van der Waals surface area contributed by atoms with Gasteiger partial charge >= 0.3 is 0 Å². The number of phenolic OH excluding ortho intramolecular Hbond substituents is 1. The van der Waals surface area contributed by atoms with Crippen molar-refractivity contribution >= 4 is 11.3 Å². The summed E-state index contributed by atoms with van der Waals surface area (Å²) in [6, 6.07) is 7.32. The summed E-state index contributed by atoms with van der Waals surface area (Å²) in [5.74, 6) is 0.272. The third kappa shape index (κ3) is 2.03. The van der Waals surface area contributed by atoms with Gasteiger partial charge in [0.1, 0.15) is 5.75 Å². The van der Waals surface area contributed by atoms with E-state index in [9.17, 15) is 5.11 Å². The molecule has 2 aromatic rings. The Kier molecular flexibility index (Phi) is 2.75. The third-order valence-electron chi connectivity index (χ3n) is 2.42. The number of aryl methyl sites for hydroxylation is 1. The number of hydrogen-bond acceptors (Lipinski definition) is 3. The van der Waals surface area contributed by atoms with Gasteiger partial charge in [0.2, 0.25) is 0 Å². The van der Waals surface area contributed by atoms with E-state index in [0.717, 1.165) is 16.7 Å². The Labute approximate surface area is 93.0 Å². The summed E-state index contributed by atoms with van der Waals surface area (Å²) in [6.07, 6.45) is 0. The van der Waals surface area contributed by atoms with Crippen molar-refractivity contribution in [1.29, 1.82) is 0 Å². The molecular formula is C12H13NOS. The number of benzene rings is 1. The molecule has 1 heterocycles. The highest BCUT2D eigenvalue weighted by molar-refractivity contribution is 7.08. The summed E-state index contributed by atoms with van der Waals surface area (Å²) in [5.41, 5.74) is 8.91. The van der Waals surface area contributed by atoms with Crippen LogP contribution in [-0.4, -0.2) is 5.11 Å². The second-order valence-electron chi connectivity index (χ2n) is 3.60. The zero-order chi connectivity index (χ0) is 10.8. The van der Waals surface area contributed by atoms with Crippen LogP contribution in [0.2, 0.25) is 0 Å². The fraction of sp³-hybridized carbons (Fsp3) is 0.167. The fourth-order valence-electron chi connectivity index (χ4n) is 1.55. The van der Waals surface area contributed by atoms with E-state index in [1.165, 1.54) is 0 Å². The van der Waals surface area contributed by atoms with Crippen molar-refractivity contribution in [2.45, 2.75) is 13.0 Å². The highest BCUT2D eigenvalue weighted by Crippen LogP contribution is 2.29. The number of thiophene rings is 1. The summed E-state index contributed by atoms with van der Waals surface area (Å²) < 4.78 is 0. The first-order chi connectivity index (χ1) is 7.18. The van der Waals surface area contributed by atoms with Crippen LogP contribution in [0.5, 0.6) is 5.75 Å². The Bertz CT molecular complexity index is 451. The zero-order valence-electron chi connectivity index (χ0n) is 8.47. The molecule has 0 spiro atoms. The van der Waals surface area contributed by atoms with Gasteiger partial charge in [0.15, 0.2) is 0 Å². The Morgan fingerprint density at radius 1 is 1.33 bits per heavy atom.